The van der Waals surface area contributed by atoms with Gasteiger partial charge in [-0.25, -0.2) is 4.39 Å². The number of carboxylic acid groups (broad SMARTS) is 1. The number of carbonyl (C=O) groups is 1. The van der Waals surface area contributed by atoms with Gasteiger partial charge in [0.05, 0.1) is 5.92 Å². The Morgan fingerprint density at radius 3 is 2.88 bits per heavy atom. The van der Waals surface area contributed by atoms with Crippen LogP contribution >= 0.6 is 0 Å². The topological polar surface area (TPSA) is 40.5 Å². The first-order valence-electron chi connectivity index (χ1n) is 5.24. The minimum atomic E-state index is -0.807. The van der Waals surface area contributed by atoms with Crippen molar-refractivity contribution < 1.29 is 14.3 Å². The number of rotatable bonds is 2. The Bertz CT molecular complexity index is 408. The molecule has 4 heteroatoms. The van der Waals surface area contributed by atoms with Crippen LogP contribution in [0.5, 0.6) is 0 Å². The molecule has 0 aromatic heterocycles. The second-order valence-electron chi connectivity index (χ2n) is 4.33. The highest BCUT2D eigenvalue weighted by atomic mass is 19.1. The van der Waals surface area contributed by atoms with E-state index in [0.717, 1.165) is 5.56 Å². The molecule has 86 valence electrons. The molecule has 1 N–H and O–H groups in total. The van der Waals surface area contributed by atoms with Crippen LogP contribution in [-0.2, 0) is 4.79 Å². The molecule has 16 heavy (non-hydrogen) atoms. The van der Waals surface area contributed by atoms with Crippen LogP contribution in [0.3, 0.4) is 0 Å². The Balaban J connectivity index is 2.28. The largest absolute Gasteiger partial charge is 0.481 e. The van der Waals surface area contributed by atoms with Crippen molar-refractivity contribution in [3.05, 3.63) is 35.6 Å². The summed E-state index contributed by atoms with van der Waals surface area (Å²) in [4.78, 5) is 13.1. The molecular weight excluding hydrogens is 209 g/mol. The van der Waals surface area contributed by atoms with Gasteiger partial charge in [0.2, 0.25) is 0 Å². The number of likely N-dealkylation sites (tertiary alicyclic amines) is 1. The van der Waals surface area contributed by atoms with E-state index in [4.69, 9.17) is 5.11 Å². The zero-order chi connectivity index (χ0) is 11.7. The molecule has 1 aromatic carbocycles. The van der Waals surface area contributed by atoms with Crippen molar-refractivity contribution in [2.45, 2.75) is 5.92 Å². The fraction of sp³-hybridized carbons (Fsp3) is 0.417. The highest BCUT2D eigenvalue weighted by Crippen LogP contribution is 2.32. The highest BCUT2D eigenvalue weighted by Gasteiger charge is 2.36. The predicted molar refractivity (Wildman–Crippen MR) is 57.8 cm³/mol. The Labute approximate surface area is 93.5 Å². The number of halogens is 1. The van der Waals surface area contributed by atoms with E-state index in [0.29, 0.717) is 13.1 Å². The van der Waals surface area contributed by atoms with Gasteiger partial charge in [-0.1, -0.05) is 12.1 Å². The van der Waals surface area contributed by atoms with Crippen LogP contribution in [0.15, 0.2) is 24.3 Å². The normalized spacial score (nSPS) is 25.9. The van der Waals surface area contributed by atoms with Crippen LogP contribution in [0.25, 0.3) is 0 Å². The van der Waals surface area contributed by atoms with Crippen molar-refractivity contribution >= 4 is 5.97 Å². The Hall–Kier alpha value is -1.42. The number of aliphatic carboxylic acids is 1. The lowest BCUT2D eigenvalue weighted by molar-refractivity contribution is -0.141. The number of hydrogen-bond acceptors (Lipinski definition) is 2. The van der Waals surface area contributed by atoms with Crippen LogP contribution in [0.1, 0.15) is 11.5 Å². The maximum absolute atomic E-state index is 13.1. The maximum Gasteiger partial charge on any atom is 0.308 e. The van der Waals surface area contributed by atoms with Crippen molar-refractivity contribution in [1.82, 2.24) is 4.90 Å². The maximum atomic E-state index is 13.1. The average molecular weight is 223 g/mol. The Morgan fingerprint density at radius 2 is 2.25 bits per heavy atom. The number of carboxylic acids is 1. The van der Waals surface area contributed by atoms with Crippen LogP contribution < -0.4 is 0 Å². The molecule has 0 unspecified atom stereocenters. The van der Waals surface area contributed by atoms with Gasteiger partial charge in [0.25, 0.3) is 0 Å². The monoisotopic (exact) mass is 223 g/mol. The molecule has 1 saturated heterocycles. The highest BCUT2D eigenvalue weighted by molar-refractivity contribution is 5.72. The summed E-state index contributed by atoms with van der Waals surface area (Å²) in [5.41, 5.74) is 0.775. The lowest BCUT2D eigenvalue weighted by atomic mass is 9.89. The van der Waals surface area contributed by atoms with Crippen LogP contribution in [0.4, 0.5) is 4.39 Å². The fourth-order valence-electron chi connectivity index (χ4n) is 2.33. The number of likely N-dealkylation sites (N-methyl/N-ethyl adjacent to an activating group) is 1. The van der Waals surface area contributed by atoms with Gasteiger partial charge in [-0.05, 0) is 24.7 Å². The van der Waals surface area contributed by atoms with Crippen molar-refractivity contribution in [1.29, 1.82) is 0 Å². The lowest BCUT2D eigenvalue weighted by Crippen LogP contribution is -2.21. The summed E-state index contributed by atoms with van der Waals surface area (Å²) in [7, 11) is 1.88. The molecule has 0 bridgehead atoms. The SMILES string of the molecule is CN1C[C@@H](C(=O)O)[C@H](c2cccc(F)c2)C1. The standard InChI is InChI=1S/C12H14FNO2/c1-14-6-10(11(7-14)12(15)16)8-3-2-4-9(13)5-8/h2-5,10-11H,6-7H2,1H3,(H,15,16)/t10-,11+/m0/s1. The molecule has 1 aliphatic heterocycles. The number of benzene rings is 1. The first kappa shape index (κ1) is 11.1. The summed E-state index contributed by atoms with van der Waals surface area (Å²) in [6, 6.07) is 6.22. The number of hydrogen-bond donors (Lipinski definition) is 1. The molecule has 0 spiro atoms. The van der Waals surface area contributed by atoms with Crippen molar-refractivity contribution in [2.24, 2.45) is 5.92 Å². The summed E-state index contributed by atoms with van der Waals surface area (Å²) in [6.07, 6.45) is 0. The fourth-order valence-corrected chi connectivity index (χ4v) is 2.33. The Kier molecular flexibility index (Phi) is 2.92. The lowest BCUT2D eigenvalue weighted by Gasteiger charge is -2.14. The first-order valence-corrected chi connectivity index (χ1v) is 5.24. The van der Waals surface area contributed by atoms with Gasteiger partial charge in [0.15, 0.2) is 0 Å². The third-order valence-corrected chi connectivity index (χ3v) is 3.10. The van der Waals surface area contributed by atoms with Gasteiger partial charge in [0, 0.05) is 19.0 Å². The average Bonchev–Trinajstić information content (AvgIpc) is 2.60. The van der Waals surface area contributed by atoms with E-state index in [1.807, 2.05) is 11.9 Å². The molecule has 2 rings (SSSR count). The van der Waals surface area contributed by atoms with Gasteiger partial charge in [-0.3, -0.25) is 4.79 Å². The quantitative estimate of drug-likeness (QED) is 0.827. The van der Waals surface area contributed by atoms with E-state index in [1.54, 1.807) is 12.1 Å². The van der Waals surface area contributed by atoms with E-state index < -0.39 is 11.9 Å². The van der Waals surface area contributed by atoms with Gasteiger partial charge < -0.3 is 10.0 Å². The second kappa shape index (κ2) is 4.22. The molecular formula is C12H14FNO2. The van der Waals surface area contributed by atoms with Crippen molar-refractivity contribution in [3.63, 3.8) is 0 Å². The minimum absolute atomic E-state index is 0.113. The first-order chi connectivity index (χ1) is 7.58. The molecule has 0 saturated carbocycles. The molecule has 1 aliphatic rings. The van der Waals surface area contributed by atoms with Gasteiger partial charge in [-0.15, -0.1) is 0 Å². The summed E-state index contributed by atoms with van der Waals surface area (Å²) in [5.74, 6) is -1.67. The third kappa shape index (κ3) is 2.07. The minimum Gasteiger partial charge on any atom is -0.481 e. The third-order valence-electron chi connectivity index (χ3n) is 3.10. The zero-order valence-corrected chi connectivity index (χ0v) is 9.06. The smallest absolute Gasteiger partial charge is 0.308 e. The van der Waals surface area contributed by atoms with E-state index in [-0.39, 0.29) is 11.7 Å². The van der Waals surface area contributed by atoms with Crippen LogP contribution in [0.2, 0.25) is 0 Å². The van der Waals surface area contributed by atoms with Gasteiger partial charge in [-0.2, -0.15) is 0 Å². The van der Waals surface area contributed by atoms with E-state index in [2.05, 4.69) is 0 Å². The zero-order valence-electron chi connectivity index (χ0n) is 9.06. The molecule has 3 nitrogen and oxygen atoms in total. The molecule has 1 heterocycles. The molecule has 0 amide bonds. The molecule has 0 aliphatic carbocycles. The van der Waals surface area contributed by atoms with Crippen LogP contribution in [0, 0.1) is 11.7 Å². The van der Waals surface area contributed by atoms with E-state index in [9.17, 15) is 9.18 Å². The molecule has 2 atom stereocenters. The summed E-state index contributed by atoms with van der Waals surface area (Å²) in [6.45, 7) is 1.19. The van der Waals surface area contributed by atoms with Crippen molar-refractivity contribution in [2.75, 3.05) is 20.1 Å². The van der Waals surface area contributed by atoms with Crippen LogP contribution in [-0.4, -0.2) is 36.1 Å². The van der Waals surface area contributed by atoms with Crippen molar-refractivity contribution in [3.8, 4) is 0 Å². The second-order valence-corrected chi connectivity index (χ2v) is 4.33. The molecule has 0 radical (unpaired) electrons. The molecule has 1 fully saturated rings. The summed E-state index contributed by atoms with van der Waals surface area (Å²) >= 11 is 0. The summed E-state index contributed by atoms with van der Waals surface area (Å²) in [5, 5.41) is 9.11. The van der Waals surface area contributed by atoms with Gasteiger partial charge in [0.1, 0.15) is 5.82 Å². The van der Waals surface area contributed by atoms with E-state index in [1.165, 1.54) is 12.1 Å². The van der Waals surface area contributed by atoms with E-state index >= 15 is 0 Å². The predicted octanol–water partition coefficient (Wildman–Crippen LogP) is 1.56. The summed E-state index contributed by atoms with van der Waals surface area (Å²) < 4.78 is 13.1. The number of nitrogens with zero attached hydrogens (tertiary/aromatic N) is 1. The Morgan fingerprint density at radius 1 is 1.50 bits per heavy atom. The molecule has 1 aromatic rings. The van der Waals surface area contributed by atoms with Gasteiger partial charge >= 0.3 is 5.97 Å².